The fourth-order valence-corrected chi connectivity index (χ4v) is 4.21. The Labute approximate surface area is 209 Å². The van der Waals surface area contributed by atoms with E-state index >= 15 is 0 Å². The van der Waals surface area contributed by atoms with Gasteiger partial charge < -0.3 is 10.2 Å². The summed E-state index contributed by atoms with van der Waals surface area (Å²) < 4.78 is 1.98. The predicted molar refractivity (Wildman–Crippen MR) is 140 cm³/mol. The van der Waals surface area contributed by atoms with Gasteiger partial charge in [0.15, 0.2) is 11.0 Å². The van der Waals surface area contributed by atoms with E-state index in [0.717, 1.165) is 22.6 Å². The highest BCUT2D eigenvalue weighted by atomic mass is 32.2. The number of carbonyl (C=O) groups is 2. The highest BCUT2D eigenvalue weighted by Crippen LogP contribution is 2.28. The van der Waals surface area contributed by atoms with E-state index in [9.17, 15) is 9.59 Å². The third-order valence-corrected chi connectivity index (χ3v) is 6.32. The molecule has 0 bridgehead atoms. The lowest BCUT2D eigenvalue weighted by atomic mass is 10.1. The van der Waals surface area contributed by atoms with Crippen LogP contribution in [0.2, 0.25) is 0 Å². The molecule has 0 saturated carbocycles. The average Bonchev–Trinajstić information content (AvgIpc) is 3.27. The smallest absolute Gasteiger partial charge is 0.253 e. The molecule has 1 N–H and O–H groups in total. The van der Waals surface area contributed by atoms with Crippen molar-refractivity contribution in [3.05, 3.63) is 89.5 Å². The molecule has 4 rings (SSSR count). The summed E-state index contributed by atoms with van der Waals surface area (Å²) in [6.07, 6.45) is 0. The Morgan fingerprint density at radius 1 is 0.857 bits per heavy atom. The molecule has 0 aliphatic heterocycles. The number of hydrogen-bond acceptors (Lipinski definition) is 5. The molecule has 178 valence electrons. The van der Waals surface area contributed by atoms with Crippen molar-refractivity contribution in [2.45, 2.75) is 19.0 Å². The number of aromatic nitrogens is 3. The van der Waals surface area contributed by atoms with E-state index in [4.69, 9.17) is 0 Å². The quantitative estimate of drug-likeness (QED) is 0.373. The molecule has 1 heterocycles. The molecule has 7 nitrogen and oxygen atoms in total. The second-order valence-electron chi connectivity index (χ2n) is 8.46. The lowest BCUT2D eigenvalue weighted by molar-refractivity contribution is -0.113. The standard InChI is InChI=1S/C27H27N5O2S/c1-18-5-9-20(10-6-18)25-29-30-27(32(25)23-15-7-19(2)8-16-23)35-17-24(33)28-22-13-11-21(12-14-22)26(34)31(3)4/h5-16H,17H2,1-4H3,(H,28,33). The van der Waals surface area contributed by atoms with E-state index < -0.39 is 0 Å². The van der Waals surface area contributed by atoms with Gasteiger partial charge in [0, 0.05) is 36.6 Å². The van der Waals surface area contributed by atoms with Gasteiger partial charge in [-0.2, -0.15) is 0 Å². The number of anilines is 1. The first kappa shape index (κ1) is 24.2. The number of benzene rings is 3. The highest BCUT2D eigenvalue weighted by molar-refractivity contribution is 7.99. The van der Waals surface area contributed by atoms with Crippen LogP contribution in [0.3, 0.4) is 0 Å². The molecule has 0 spiro atoms. The molecular weight excluding hydrogens is 458 g/mol. The van der Waals surface area contributed by atoms with Gasteiger partial charge in [0.1, 0.15) is 0 Å². The van der Waals surface area contributed by atoms with Crippen LogP contribution in [0.25, 0.3) is 17.1 Å². The Bertz CT molecular complexity index is 1330. The third-order valence-electron chi connectivity index (χ3n) is 5.39. The van der Waals surface area contributed by atoms with Crippen molar-refractivity contribution in [2.75, 3.05) is 25.2 Å². The zero-order valence-corrected chi connectivity index (χ0v) is 21.0. The van der Waals surface area contributed by atoms with Crippen molar-refractivity contribution in [2.24, 2.45) is 0 Å². The molecule has 0 radical (unpaired) electrons. The van der Waals surface area contributed by atoms with Crippen LogP contribution in [-0.2, 0) is 4.79 Å². The summed E-state index contributed by atoms with van der Waals surface area (Å²) in [6, 6.07) is 23.1. The molecule has 1 aromatic heterocycles. The zero-order valence-electron chi connectivity index (χ0n) is 20.1. The predicted octanol–water partition coefficient (Wildman–Crippen LogP) is 4.98. The van der Waals surface area contributed by atoms with Gasteiger partial charge in [-0.15, -0.1) is 10.2 Å². The van der Waals surface area contributed by atoms with E-state index in [-0.39, 0.29) is 17.6 Å². The summed E-state index contributed by atoms with van der Waals surface area (Å²) in [5.74, 6) is 0.629. The van der Waals surface area contributed by atoms with Gasteiger partial charge in [0.2, 0.25) is 5.91 Å². The number of nitrogens with zero attached hydrogens (tertiary/aromatic N) is 4. The maximum Gasteiger partial charge on any atom is 0.253 e. The van der Waals surface area contributed by atoms with Crippen molar-refractivity contribution in [3.8, 4) is 17.1 Å². The van der Waals surface area contributed by atoms with E-state index in [1.165, 1.54) is 22.2 Å². The number of carbonyl (C=O) groups excluding carboxylic acids is 2. The van der Waals surface area contributed by atoms with Gasteiger partial charge in [-0.3, -0.25) is 14.2 Å². The van der Waals surface area contributed by atoms with E-state index in [1.54, 1.807) is 38.4 Å². The van der Waals surface area contributed by atoms with Gasteiger partial charge in [-0.1, -0.05) is 59.3 Å². The first-order valence-electron chi connectivity index (χ1n) is 11.2. The molecule has 3 aromatic carbocycles. The molecular formula is C27H27N5O2S. The molecule has 8 heteroatoms. The second-order valence-corrected chi connectivity index (χ2v) is 9.40. The number of hydrogen-bond donors (Lipinski definition) is 1. The van der Waals surface area contributed by atoms with E-state index in [1.807, 2.05) is 66.9 Å². The van der Waals surface area contributed by atoms with Crippen LogP contribution < -0.4 is 5.32 Å². The van der Waals surface area contributed by atoms with E-state index in [0.29, 0.717) is 16.4 Å². The topological polar surface area (TPSA) is 80.1 Å². The Balaban J connectivity index is 1.52. The summed E-state index contributed by atoms with van der Waals surface area (Å²) in [7, 11) is 3.41. The first-order valence-corrected chi connectivity index (χ1v) is 12.1. The van der Waals surface area contributed by atoms with Gasteiger partial charge in [-0.05, 0) is 50.2 Å². The monoisotopic (exact) mass is 485 g/mol. The summed E-state index contributed by atoms with van der Waals surface area (Å²) in [5, 5.41) is 12.3. The van der Waals surface area contributed by atoms with Crippen LogP contribution in [0.15, 0.2) is 78.0 Å². The van der Waals surface area contributed by atoms with Gasteiger partial charge in [0.25, 0.3) is 5.91 Å². The van der Waals surface area contributed by atoms with Crippen LogP contribution in [0, 0.1) is 13.8 Å². The average molecular weight is 486 g/mol. The molecule has 2 amide bonds. The van der Waals surface area contributed by atoms with Gasteiger partial charge in [-0.25, -0.2) is 0 Å². The largest absolute Gasteiger partial charge is 0.345 e. The maximum atomic E-state index is 12.7. The van der Waals surface area contributed by atoms with Crippen molar-refractivity contribution >= 4 is 29.3 Å². The van der Waals surface area contributed by atoms with Crippen molar-refractivity contribution in [3.63, 3.8) is 0 Å². The van der Waals surface area contributed by atoms with Gasteiger partial charge in [0.05, 0.1) is 5.75 Å². The summed E-state index contributed by atoms with van der Waals surface area (Å²) in [5.41, 5.74) is 5.40. The minimum atomic E-state index is -0.169. The van der Waals surface area contributed by atoms with Crippen LogP contribution in [0.5, 0.6) is 0 Å². The summed E-state index contributed by atoms with van der Waals surface area (Å²) in [4.78, 5) is 26.2. The first-order chi connectivity index (χ1) is 16.8. The molecule has 0 unspecified atom stereocenters. The fourth-order valence-electron chi connectivity index (χ4n) is 3.46. The lowest BCUT2D eigenvalue weighted by Gasteiger charge is -2.12. The van der Waals surface area contributed by atoms with Crippen LogP contribution in [-0.4, -0.2) is 51.3 Å². The molecule has 0 aliphatic carbocycles. The Kier molecular flexibility index (Phi) is 7.31. The van der Waals surface area contributed by atoms with Crippen molar-refractivity contribution in [1.82, 2.24) is 19.7 Å². The van der Waals surface area contributed by atoms with Crippen molar-refractivity contribution in [1.29, 1.82) is 0 Å². The second kappa shape index (κ2) is 10.6. The number of thioether (sulfide) groups is 1. The molecule has 35 heavy (non-hydrogen) atoms. The maximum absolute atomic E-state index is 12.7. The molecule has 0 saturated heterocycles. The van der Waals surface area contributed by atoms with E-state index in [2.05, 4.69) is 15.5 Å². The highest BCUT2D eigenvalue weighted by Gasteiger charge is 2.17. The van der Waals surface area contributed by atoms with Crippen LogP contribution in [0.1, 0.15) is 21.5 Å². The number of rotatable bonds is 7. The van der Waals surface area contributed by atoms with Gasteiger partial charge >= 0.3 is 0 Å². The Hall–Kier alpha value is -3.91. The van der Waals surface area contributed by atoms with Crippen molar-refractivity contribution < 1.29 is 9.59 Å². The normalized spacial score (nSPS) is 10.7. The SMILES string of the molecule is Cc1ccc(-c2nnc(SCC(=O)Nc3ccc(C(=O)N(C)C)cc3)n2-c2ccc(C)cc2)cc1. The third kappa shape index (κ3) is 5.78. The summed E-state index contributed by atoms with van der Waals surface area (Å²) >= 11 is 1.32. The minimum Gasteiger partial charge on any atom is -0.345 e. The summed E-state index contributed by atoms with van der Waals surface area (Å²) in [6.45, 7) is 4.09. The minimum absolute atomic E-state index is 0.0849. The molecule has 0 aliphatic rings. The Morgan fingerprint density at radius 3 is 2.06 bits per heavy atom. The number of amides is 2. The lowest BCUT2D eigenvalue weighted by Crippen LogP contribution is -2.21. The molecule has 4 aromatic rings. The molecule has 0 atom stereocenters. The van der Waals surface area contributed by atoms with Crippen LogP contribution >= 0.6 is 11.8 Å². The Morgan fingerprint density at radius 2 is 1.46 bits per heavy atom. The van der Waals surface area contributed by atoms with Crippen LogP contribution in [0.4, 0.5) is 5.69 Å². The number of aryl methyl sites for hydroxylation is 2. The zero-order chi connectivity index (χ0) is 24.9. The fraction of sp³-hybridized carbons (Fsp3) is 0.185. The molecule has 0 fully saturated rings. The number of nitrogens with one attached hydrogen (secondary N) is 1.